The van der Waals surface area contributed by atoms with Gasteiger partial charge in [-0.1, -0.05) is 55.5 Å². The zero-order valence-electron chi connectivity index (χ0n) is 16.9. The van der Waals surface area contributed by atoms with Gasteiger partial charge in [0, 0.05) is 16.8 Å². The maximum Gasteiger partial charge on any atom is 0.318 e. The van der Waals surface area contributed by atoms with Crippen molar-refractivity contribution in [3.63, 3.8) is 0 Å². The van der Waals surface area contributed by atoms with Gasteiger partial charge in [0.15, 0.2) is 6.10 Å². The minimum absolute atomic E-state index is 0.374. The Morgan fingerprint density at radius 3 is 2.07 bits per heavy atom. The summed E-state index contributed by atoms with van der Waals surface area (Å²) in [5.41, 5.74) is 3.30. The number of carbonyl (C=O) groups is 2. The Morgan fingerprint density at radius 2 is 1.50 bits per heavy atom. The predicted molar refractivity (Wildman–Crippen MR) is 115 cm³/mol. The fourth-order valence-electron chi connectivity index (χ4n) is 3.53. The average Bonchev–Trinajstić information content (AvgIpc) is 2.77. The smallest absolute Gasteiger partial charge is 0.318 e. The number of esters is 1. The number of hydrogen-bond donors (Lipinski definition) is 1. The van der Waals surface area contributed by atoms with Gasteiger partial charge in [-0.15, -0.1) is 0 Å². The van der Waals surface area contributed by atoms with Crippen LogP contribution in [-0.2, 0) is 20.7 Å². The molecule has 4 rings (SSSR count). The first-order valence-corrected chi connectivity index (χ1v) is 10.0. The molecule has 5 nitrogen and oxygen atoms in total. The molecule has 0 saturated heterocycles. The quantitative estimate of drug-likeness (QED) is 0.607. The maximum absolute atomic E-state index is 13.1. The van der Waals surface area contributed by atoms with E-state index in [1.807, 2.05) is 72.8 Å². The van der Waals surface area contributed by atoms with Crippen LogP contribution in [0.3, 0.4) is 0 Å². The molecule has 30 heavy (non-hydrogen) atoms. The lowest BCUT2D eigenvalue weighted by molar-refractivity contribution is -0.153. The van der Waals surface area contributed by atoms with Crippen LogP contribution in [-0.4, -0.2) is 18.0 Å². The molecule has 1 amide bonds. The molecule has 3 aromatic carbocycles. The number of amides is 1. The van der Waals surface area contributed by atoms with Gasteiger partial charge in [0.1, 0.15) is 17.4 Å². The lowest BCUT2D eigenvalue weighted by Gasteiger charge is -2.27. The SMILES string of the molecule is CCc1ccc(NC(=O)[C@H](C)OC(=O)C2c3ccccc3Oc3ccccc32)cc1. The largest absolute Gasteiger partial charge is 0.457 e. The molecule has 5 heteroatoms. The van der Waals surface area contributed by atoms with Crippen molar-refractivity contribution in [2.75, 3.05) is 5.32 Å². The minimum Gasteiger partial charge on any atom is -0.457 e. The standard InChI is InChI=1S/C25H23NO4/c1-3-17-12-14-18(15-13-17)26-24(27)16(2)29-25(28)23-19-8-4-6-10-21(19)30-22-11-7-5-9-20(22)23/h4-16,23H,3H2,1-2H3,(H,26,27)/t16-/m0/s1. The Labute approximate surface area is 175 Å². The molecular formula is C25H23NO4. The minimum atomic E-state index is -0.939. The normalized spacial score (nSPS) is 13.4. The van der Waals surface area contributed by atoms with E-state index in [1.165, 1.54) is 5.56 Å². The first-order chi connectivity index (χ1) is 14.6. The van der Waals surface area contributed by atoms with E-state index in [0.29, 0.717) is 17.2 Å². The third kappa shape index (κ3) is 3.92. The maximum atomic E-state index is 13.1. The number of para-hydroxylation sites is 2. The van der Waals surface area contributed by atoms with Crippen LogP contribution in [0.15, 0.2) is 72.8 Å². The molecule has 1 aliphatic rings. The number of hydrogen-bond acceptors (Lipinski definition) is 4. The first kappa shape index (κ1) is 19.7. The van der Waals surface area contributed by atoms with E-state index < -0.39 is 18.0 Å². The number of carbonyl (C=O) groups excluding carboxylic acids is 2. The summed E-state index contributed by atoms with van der Waals surface area (Å²) in [6, 6.07) is 22.4. The Balaban J connectivity index is 1.51. The molecule has 0 saturated carbocycles. The molecule has 0 radical (unpaired) electrons. The highest BCUT2D eigenvalue weighted by Crippen LogP contribution is 2.44. The molecule has 0 aromatic heterocycles. The fraction of sp³-hybridized carbons (Fsp3) is 0.200. The van der Waals surface area contributed by atoms with Crippen LogP contribution in [0, 0.1) is 0 Å². The van der Waals surface area contributed by atoms with E-state index in [0.717, 1.165) is 17.5 Å². The monoisotopic (exact) mass is 401 g/mol. The van der Waals surface area contributed by atoms with E-state index in [9.17, 15) is 9.59 Å². The summed E-state index contributed by atoms with van der Waals surface area (Å²) in [4.78, 5) is 25.7. The molecule has 1 heterocycles. The summed E-state index contributed by atoms with van der Waals surface area (Å²) in [7, 11) is 0. The topological polar surface area (TPSA) is 64.6 Å². The number of anilines is 1. The Hall–Kier alpha value is -3.60. The van der Waals surface area contributed by atoms with E-state index in [-0.39, 0.29) is 5.91 Å². The zero-order chi connectivity index (χ0) is 21.1. The molecule has 0 spiro atoms. The number of rotatable bonds is 5. The van der Waals surface area contributed by atoms with Crippen LogP contribution in [0.4, 0.5) is 5.69 Å². The predicted octanol–water partition coefficient (Wildman–Crippen LogP) is 5.06. The molecule has 0 fully saturated rings. The highest BCUT2D eigenvalue weighted by Gasteiger charge is 2.35. The second-order valence-corrected chi connectivity index (χ2v) is 7.23. The highest BCUT2D eigenvalue weighted by atomic mass is 16.5. The lowest BCUT2D eigenvalue weighted by Crippen LogP contribution is -2.32. The summed E-state index contributed by atoms with van der Waals surface area (Å²) >= 11 is 0. The van der Waals surface area contributed by atoms with E-state index in [1.54, 1.807) is 6.92 Å². The summed E-state index contributed by atoms with van der Waals surface area (Å²) < 4.78 is 11.5. The third-order valence-corrected chi connectivity index (χ3v) is 5.21. The molecule has 0 aliphatic carbocycles. The van der Waals surface area contributed by atoms with Crippen LogP contribution < -0.4 is 10.1 Å². The highest BCUT2D eigenvalue weighted by molar-refractivity contribution is 5.96. The van der Waals surface area contributed by atoms with E-state index >= 15 is 0 Å². The van der Waals surface area contributed by atoms with Crippen LogP contribution in [0.25, 0.3) is 0 Å². The first-order valence-electron chi connectivity index (χ1n) is 10.0. The van der Waals surface area contributed by atoms with Crippen LogP contribution in [0.5, 0.6) is 11.5 Å². The van der Waals surface area contributed by atoms with Gasteiger partial charge in [-0.25, -0.2) is 0 Å². The second kappa shape index (κ2) is 8.41. The molecule has 3 aromatic rings. The molecule has 1 atom stereocenters. The van der Waals surface area contributed by atoms with Gasteiger partial charge in [-0.05, 0) is 43.2 Å². The van der Waals surface area contributed by atoms with Crippen LogP contribution in [0.1, 0.15) is 36.5 Å². The summed E-state index contributed by atoms with van der Waals surface area (Å²) in [5.74, 6) is -0.272. The molecule has 1 N–H and O–H groups in total. The second-order valence-electron chi connectivity index (χ2n) is 7.23. The fourth-order valence-corrected chi connectivity index (χ4v) is 3.53. The van der Waals surface area contributed by atoms with Gasteiger partial charge < -0.3 is 14.8 Å². The molecule has 1 aliphatic heterocycles. The Kier molecular flexibility index (Phi) is 5.53. The molecule has 0 bridgehead atoms. The summed E-state index contributed by atoms with van der Waals surface area (Å²) in [6.45, 7) is 3.65. The van der Waals surface area contributed by atoms with E-state index in [2.05, 4.69) is 12.2 Å². The number of fused-ring (bicyclic) bond motifs is 2. The van der Waals surface area contributed by atoms with Crippen molar-refractivity contribution >= 4 is 17.6 Å². The Bertz CT molecular complexity index is 1030. The van der Waals surface area contributed by atoms with Crippen molar-refractivity contribution in [1.82, 2.24) is 0 Å². The van der Waals surface area contributed by atoms with Crippen molar-refractivity contribution in [2.45, 2.75) is 32.3 Å². The lowest BCUT2D eigenvalue weighted by atomic mass is 9.88. The van der Waals surface area contributed by atoms with Gasteiger partial charge in [0.25, 0.3) is 5.91 Å². The van der Waals surface area contributed by atoms with Crippen molar-refractivity contribution in [3.8, 4) is 11.5 Å². The van der Waals surface area contributed by atoms with Gasteiger partial charge >= 0.3 is 5.97 Å². The molecular weight excluding hydrogens is 378 g/mol. The van der Waals surface area contributed by atoms with Gasteiger partial charge in [0.05, 0.1) is 0 Å². The zero-order valence-corrected chi connectivity index (χ0v) is 16.9. The average molecular weight is 401 g/mol. The van der Waals surface area contributed by atoms with Crippen molar-refractivity contribution in [1.29, 1.82) is 0 Å². The molecule has 152 valence electrons. The number of aryl methyl sites for hydroxylation is 1. The van der Waals surface area contributed by atoms with Crippen LogP contribution >= 0.6 is 0 Å². The van der Waals surface area contributed by atoms with Crippen LogP contribution in [0.2, 0.25) is 0 Å². The summed E-state index contributed by atoms with van der Waals surface area (Å²) in [5, 5.41) is 2.80. The van der Waals surface area contributed by atoms with Gasteiger partial charge in [0.2, 0.25) is 0 Å². The van der Waals surface area contributed by atoms with Gasteiger partial charge in [-0.2, -0.15) is 0 Å². The molecule has 0 unspecified atom stereocenters. The summed E-state index contributed by atoms with van der Waals surface area (Å²) in [6.07, 6.45) is -0.0125. The third-order valence-electron chi connectivity index (χ3n) is 5.21. The number of ether oxygens (including phenoxy) is 2. The number of nitrogens with one attached hydrogen (secondary N) is 1. The van der Waals surface area contributed by atoms with Crippen molar-refractivity contribution in [2.24, 2.45) is 0 Å². The number of benzene rings is 3. The van der Waals surface area contributed by atoms with E-state index in [4.69, 9.17) is 9.47 Å². The Morgan fingerprint density at radius 1 is 0.933 bits per heavy atom. The van der Waals surface area contributed by atoms with Crippen molar-refractivity contribution < 1.29 is 19.1 Å². The van der Waals surface area contributed by atoms with Crippen molar-refractivity contribution in [3.05, 3.63) is 89.5 Å². The van der Waals surface area contributed by atoms with Gasteiger partial charge in [-0.3, -0.25) is 9.59 Å².